The number of fused-ring (bicyclic) bond motifs is 1. The highest BCUT2D eigenvalue weighted by Gasteiger charge is 2.54. The van der Waals surface area contributed by atoms with Gasteiger partial charge >= 0.3 is 0 Å². The van der Waals surface area contributed by atoms with E-state index in [2.05, 4.69) is 10.2 Å². The molecule has 4 aliphatic carbocycles. The summed E-state index contributed by atoms with van der Waals surface area (Å²) < 4.78 is 5.18. The molecule has 0 aromatic heterocycles. The molecule has 2 amide bonds. The third kappa shape index (κ3) is 4.66. The number of ether oxygens (including phenoxy) is 1. The fraction of sp³-hybridized carbons (Fsp3) is 0.562. The number of hydrogen-bond donors (Lipinski definition) is 2. The van der Waals surface area contributed by atoms with Crippen molar-refractivity contribution in [1.82, 2.24) is 10.2 Å². The molecule has 2 aromatic rings. The summed E-state index contributed by atoms with van der Waals surface area (Å²) in [6.45, 7) is 1.80. The van der Waals surface area contributed by atoms with Crippen LogP contribution in [-0.4, -0.2) is 48.6 Å². The minimum Gasteiger partial charge on any atom is -0.392 e. The lowest BCUT2D eigenvalue weighted by Gasteiger charge is -2.59. The van der Waals surface area contributed by atoms with Crippen molar-refractivity contribution in [3.63, 3.8) is 0 Å². The molecule has 2 atom stereocenters. The van der Waals surface area contributed by atoms with E-state index in [0.717, 1.165) is 40.9 Å². The minimum atomic E-state index is -0.500. The second-order valence-electron chi connectivity index (χ2n) is 12.4. The van der Waals surface area contributed by atoms with Gasteiger partial charge in [0.2, 0.25) is 5.91 Å². The number of aliphatic hydroxyl groups is 1. The molecule has 0 spiro atoms. The number of benzene rings is 2. The van der Waals surface area contributed by atoms with Crippen LogP contribution in [0.3, 0.4) is 0 Å². The van der Waals surface area contributed by atoms with Gasteiger partial charge in [-0.2, -0.15) is 0 Å². The fourth-order valence-corrected chi connectivity index (χ4v) is 8.62. The van der Waals surface area contributed by atoms with Crippen LogP contribution in [0.4, 0.5) is 0 Å². The van der Waals surface area contributed by atoms with E-state index in [0.29, 0.717) is 25.3 Å². The van der Waals surface area contributed by atoms with E-state index in [1.807, 2.05) is 48.5 Å². The average molecular weight is 517 g/mol. The highest BCUT2D eigenvalue weighted by Crippen LogP contribution is 2.61. The van der Waals surface area contributed by atoms with E-state index in [9.17, 15) is 14.7 Å². The zero-order valence-corrected chi connectivity index (χ0v) is 22.4. The Balaban J connectivity index is 1.40. The Morgan fingerprint density at radius 3 is 2.32 bits per heavy atom. The third-order valence-electron chi connectivity index (χ3n) is 9.72. The highest BCUT2D eigenvalue weighted by molar-refractivity contribution is 6.01. The summed E-state index contributed by atoms with van der Waals surface area (Å²) in [5.74, 6) is 1.85. The van der Waals surface area contributed by atoms with Gasteiger partial charge in [-0.05, 0) is 90.9 Å². The molecular formula is C32H40N2O4. The fourth-order valence-electron chi connectivity index (χ4n) is 8.62. The molecule has 2 aromatic carbocycles. The number of amides is 2. The summed E-state index contributed by atoms with van der Waals surface area (Å²) in [4.78, 5) is 30.2. The van der Waals surface area contributed by atoms with E-state index in [4.69, 9.17) is 4.74 Å². The number of aliphatic hydroxyl groups excluding tert-OH is 1. The Hall–Kier alpha value is -2.70. The zero-order chi connectivity index (χ0) is 26.3. The van der Waals surface area contributed by atoms with Crippen molar-refractivity contribution in [3.8, 4) is 0 Å². The van der Waals surface area contributed by atoms with Gasteiger partial charge in [-0.15, -0.1) is 0 Å². The van der Waals surface area contributed by atoms with Crippen molar-refractivity contribution < 1.29 is 19.4 Å². The molecule has 4 bridgehead atoms. The molecule has 4 fully saturated rings. The molecule has 0 radical (unpaired) electrons. The predicted molar refractivity (Wildman–Crippen MR) is 145 cm³/mol. The van der Waals surface area contributed by atoms with Crippen molar-refractivity contribution in [2.75, 3.05) is 26.8 Å². The molecule has 0 unspecified atom stereocenters. The Bertz CT molecular complexity index is 1140. The summed E-state index contributed by atoms with van der Waals surface area (Å²) in [5, 5.41) is 12.8. The van der Waals surface area contributed by atoms with Gasteiger partial charge in [-0.3, -0.25) is 9.59 Å². The SMILES string of the molecule is COCCCNC(=O)[C@@H]1c2ccccc2C(=O)N(CC23CC4CC(CC(C4)C2)C3)[C@H]1c1ccc(CO)cc1. The molecule has 6 nitrogen and oxygen atoms in total. The summed E-state index contributed by atoms with van der Waals surface area (Å²) >= 11 is 0. The van der Waals surface area contributed by atoms with Crippen LogP contribution in [0.2, 0.25) is 0 Å². The van der Waals surface area contributed by atoms with Crippen LogP contribution in [-0.2, 0) is 16.1 Å². The van der Waals surface area contributed by atoms with Crippen LogP contribution in [0.1, 0.15) is 84.0 Å². The maximum Gasteiger partial charge on any atom is 0.254 e. The minimum absolute atomic E-state index is 0.0346. The van der Waals surface area contributed by atoms with Gasteiger partial charge in [0.25, 0.3) is 5.91 Å². The molecular weight excluding hydrogens is 476 g/mol. The molecule has 6 heteroatoms. The molecule has 0 saturated heterocycles. The number of carbonyl (C=O) groups is 2. The Morgan fingerprint density at radius 1 is 1.03 bits per heavy atom. The quantitative estimate of drug-likeness (QED) is 0.468. The van der Waals surface area contributed by atoms with E-state index in [-0.39, 0.29) is 29.9 Å². The third-order valence-corrected chi connectivity index (χ3v) is 9.72. The topological polar surface area (TPSA) is 78.9 Å². The van der Waals surface area contributed by atoms with E-state index >= 15 is 0 Å². The first-order valence-electron chi connectivity index (χ1n) is 14.4. The lowest BCUT2D eigenvalue weighted by atomic mass is 9.49. The summed E-state index contributed by atoms with van der Waals surface area (Å²) in [6.07, 6.45) is 8.41. The molecule has 4 saturated carbocycles. The molecule has 7 rings (SSSR count). The highest BCUT2D eigenvalue weighted by atomic mass is 16.5. The van der Waals surface area contributed by atoms with Gasteiger partial charge in [0.1, 0.15) is 0 Å². The van der Waals surface area contributed by atoms with Gasteiger partial charge in [0.05, 0.1) is 18.6 Å². The maximum atomic E-state index is 14.3. The molecule has 5 aliphatic rings. The van der Waals surface area contributed by atoms with Gasteiger partial charge in [0, 0.05) is 32.4 Å². The molecule has 38 heavy (non-hydrogen) atoms. The largest absolute Gasteiger partial charge is 0.392 e. The van der Waals surface area contributed by atoms with Crippen molar-refractivity contribution in [2.45, 2.75) is 63.5 Å². The molecule has 2 N–H and O–H groups in total. The number of rotatable bonds is 9. The molecule has 1 heterocycles. The zero-order valence-electron chi connectivity index (χ0n) is 22.4. The van der Waals surface area contributed by atoms with Gasteiger partial charge in [-0.1, -0.05) is 42.5 Å². The smallest absolute Gasteiger partial charge is 0.254 e. The van der Waals surface area contributed by atoms with Crippen LogP contribution < -0.4 is 5.32 Å². The Kier molecular flexibility index (Phi) is 7.04. The average Bonchev–Trinajstić information content (AvgIpc) is 2.91. The number of carbonyl (C=O) groups excluding carboxylic acids is 2. The monoisotopic (exact) mass is 516 g/mol. The summed E-state index contributed by atoms with van der Waals surface area (Å²) in [7, 11) is 1.67. The first kappa shape index (κ1) is 25.6. The van der Waals surface area contributed by atoms with E-state index in [1.54, 1.807) is 7.11 Å². The Labute approximate surface area is 225 Å². The van der Waals surface area contributed by atoms with Crippen molar-refractivity contribution in [1.29, 1.82) is 0 Å². The number of hydrogen-bond acceptors (Lipinski definition) is 4. The summed E-state index contributed by atoms with van der Waals surface area (Å²) in [6, 6.07) is 15.1. The maximum absolute atomic E-state index is 14.3. The standard InChI is InChI=1S/C32H40N2O4/c1-38-12-4-11-33-30(36)28-26-5-2-3-6-27(26)31(37)34(29(28)25-9-7-21(19-35)8-10-25)20-32-16-22-13-23(17-32)15-24(14-22)18-32/h2-3,5-10,22-24,28-29,35H,4,11-20H2,1H3,(H,33,36)/t22?,23?,24?,28-,29+,32?/m1/s1. The van der Waals surface area contributed by atoms with Crippen LogP contribution in [0.25, 0.3) is 0 Å². The van der Waals surface area contributed by atoms with E-state index in [1.165, 1.54) is 38.5 Å². The number of methoxy groups -OCH3 is 1. The molecule has 202 valence electrons. The van der Waals surface area contributed by atoms with Crippen LogP contribution >= 0.6 is 0 Å². The van der Waals surface area contributed by atoms with Crippen molar-refractivity contribution >= 4 is 11.8 Å². The van der Waals surface area contributed by atoms with Gasteiger partial charge < -0.3 is 20.1 Å². The van der Waals surface area contributed by atoms with Crippen LogP contribution in [0.5, 0.6) is 0 Å². The normalized spacial score (nSPS) is 31.4. The first-order valence-corrected chi connectivity index (χ1v) is 14.4. The number of nitrogens with one attached hydrogen (secondary N) is 1. The first-order chi connectivity index (χ1) is 18.5. The summed E-state index contributed by atoms with van der Waals surface area (Å²) in [5.41, 5.74) is 3.38. The lowest BCUT2D eigenvalue weighted by molar-refractivity contribution is -0.125. The second kappa shape index (κ2) is 10.5. The molecule has 1 aliphatic heterocycles. The van der Waals surface area contributed by atoms with Crippen LogP contribution in [0.15, 0.2) is 48.5 Å². The lowest BCUT2D eigenvalue weighted by Crippen LogP contribution is -2.55. The van der Waals surface area contributed by atoms with Gasteiger partial charge in [0.15, 0.2) is 0 Å². The van der Waals surface area contributed by atoms with Crippen molar-refractivity contribution in [2.24, 2.45) is 23.2 Å². The van der Waals surface area contributed by atoms with E-state index < -0.39 is 5.92 Å². The Morgan fingerprint density at radius 2 is 1.68 bits per heavy atom. The number of nitrogens with zero attached hydrogens (tertiary/aromatic N) is 1. The van der Waals surface area contributed by atoms with Crippen molar-refractivity contribution in [3.05, 3.63) is 70.8 Å². The predicted octanol–water partition coefficient (Wildman–Crippen LogP) is 4.83. The van der Waals surface area contributed by atoms with Crippen LogP contribution in [0, 0.1) is 23.2 Å². The second-order valence-corrected chi connectivity index (χ2v) is 12.4. The van der Waals surface area contributed by atoms with Gasteiger partial charge in [-0.25, -0.2) is 0 Å².